The summed E-state index contributed by atoms with van der Waals surface area (Å²) in [5, 5.41) is 5.73. The molecule has 2 aromatic rings. The Labute approximate surface area is 102 Å². The molecule has 0 atom stereocenters. The van der Waals surface area contributed by atoms with Crippen molar-refractivity contribution in [1.82, 2.24) is 4.98 Å². The van der Waals surface area contributed by atoms with Crippen molar-refractivity contribution in [3.63, 3.8) is 0 Å². The van der Waals surface area contributed by atoms with Crippen molar-refractivity contribution >= 4 is 16.6 Å². The minimum atomic E-state index is 0.00000272. The Hall–Kier alpha value is -1.61. The molecule has 1 heterocycles. The van der Waals surface area contributed by atoms with Gasteiger partial charge in [0.05, 0.1) is 0 Å². The predicted octanol–water partition coefficient (Wildman–Crippen LogP) is 2.90. The van der Waals surface area contributed by atoms with E-state index < -0.39 is 0 Å². The summed E-state index contributed by atoms with van der Waals surface area (Å²) in [7, 11) is 0. The molecule has 0 bridgehead atoms. The van der Waals surface area contributed by atoms with Gasteiger partial charge in [-0.15, -0.1) is 0 Å². The van der Waals surface area contributed by atoms with Gasteiger partial charge in [0.15, 0.2) is 0 Å². The number of nitrogens with zero attached hydrogens (tertiary/aromatic N) is 1. The van der Waals surface area contributed by atoms with Crippen LogP contribution < -0.4 is 11.1 Å². The first-order chi connectivity index (χ1) is 8.01. The predicted molar refractivity (Wildman–Crippen MR) is 73.0 cm³/mol. The second-order valence-electron chi connectivity index (χ2n) is 5.26. The summed E-state index contributed by atoms with van der Waals surface area (Å²) < 4.78 is 0. The number of pyridine rings is 1. The van der Waals surface area contributed by atoms with Crippen molar-refractivity contribution in [3.05, 3.63) is 36.0 Å². The monoisotopic (exact) mass is 229 g/mol. The van der Waals surface area contributed by atoms with E-state index >= 15 is 0 Å². The van der Waals surface area contributed by atoms with Crippen molar-refractivity contribution in [2.24, 2.45) is 5.73 Å². The number of hydrogen-bond acceptors (Lipinski definition) is 3. The minimum Gasteiger partial charge on any atom is -0.365 e. The molecule has 0 unspecified atom stereocenters. The first-order valence-corrected chi connectivity index (χ1v) is 5.86. The Morgan fingerprint density at radius 2 is 1.82 bits per heavy atom. The third kappa shape index (κ3) is 2.56. The molecule has 3 N–H and O–H groups in total. The van der Waals surface area contributed by atoms with Crippen LogP contribution in [-0.2, 0) is 6.54 Å². The molecule has 0 aliphatic carbocycles. The van der Waals surface area contributed by atoms with Crippen LogP contribution >= 0.6 is 0 Å². The number of benzene rings is 1. The van der Waals surface area contributed by atoms with E-state index in [9.17, 15) is 0 Å². The van der Waals surface area contributed by atoms with Gasteiger partial charge < -0.3 is 11.1 Å². The number of fused-ring (bicyclic) bond motifs is 1. The van der Waals surface area contributed by atoms with E-state index in [1.807, 2.05) is 18.3 Å². The van der Waals surface area contributed by atoms with Crippen LogP contribution in [0.25, 0.3) is 10.8 Å². The van der Waals surface area contributed by atoms with Gasteiger partial charge in [-0.3, -0.25) is 0 Å². The summed E-state index contributed by atoms with van der Waals surface area (Å²) >= 11 is 0. The third-order valence-corrected chi connectivity index (χ3v) is 2.59. The van der Waals surface area contributed by atoms with Crippen molar-refractivity contribution < 1.29 is 0 Å². The van der Waals surface area contributed by atoms with Gasteiger partial charge in [0, 0.05) is 23.7 Å². The van der Waals surface area contributed by atoms with Gasteiger partial charge in [-0.2, -0.15) is 0 Å². The van der Waals surface area contributed by atoms with Gasteiger partial charge in [-0.05, 0) is 31.7 Å². The first-order valence-electron chi connectivity index (χ1n) is 5.86. The molecule has 1 aromatic carbocycles. The Morgan fingerprint density at radius 3 is 2.41 bits per heavy atom. The molecule has 3 heteroatoms. The molecular formula is C14H19N3. The molecule has 1 aromatic heterocycles. The van der Waals surface area contributed by atoms with Gasteiger partial charge in [0.1, 0.15) is 5.82 Å². The van der Waals surface area contributed by atoms with Crippen molar-refractivity contribution in [2.75, 3.05) is 5.32 Å². The Bertz CT molecular complexity index is 526. The summed E-state index contributed by atoms with van der Waals surface area (Å²) in [6, 6.07) is 8.23. The molecule has 0 radical (unpaired) electrons. The van der Waals surface area contributed by atoms with Crippen LogP contribution in [0.1, 0.15) is 26.3 Å². The van der Waals surface area contributed by atoms with Gasteiger partial charge in [-0.1, -0.05) is 24.3 Å². The van der Waals surface area contributed by atoms with E-state index in [0.29, 0.717) is 6.54 Å². The van der Waals surface area contributed by atoms with Gasteiger partial charge in [-0.25, -0.2) is 4.98 Å². The second kappa shape index (κ2) is 4.34. The largest absolute Gasteiger partial charge is 0.365 e. The molecule has 0 aliphatic rings. The first kappa shape index (κ1) is 11.9. The van der Waals surface area contributed by atoms with E-state index in [2.05, 4.69) is 43.2 Å². The van der Waals surface area contributed by atoms with E-state index in [4.69, 9.17) is 5.73 Å². The molecule has 2 rings (SSSR count). The molecule has 0 saturated carbocycles. The van der Waals surface area contributed by atoms with E-state index in [1.165, 1.54) is 5.39 Å². The summed E-state index contributed by atoms with van der Waals surface area (Å²) in [6.07, 6.45) is 1.86. The molecule has 0 saturated heterocycles. The molecule has 0 spiro atoms. The van der Waals surface area contributed by atoms with Crippen LogP contribution in [-0.4, -0.2) is 10.5 Å². The van der Waals surface area contributed by atoms with Crippen LogP contribution in [0, 0.1) is 0 Å². The SMILES string of the molecule is CC(C)(C)Nc1ncc(CN)c2ccccc12. The maximum absolute atomic E-state index is 5.73. The average molecular weight is 229 g/mol. The van der Waals surface area contributed by atoms with Crippen LogP contribution in [0.4, 0.5) is 5.82 Å². The number of nitrogens with two attached hydrogens (primary N) is 1. The lowest BCUT2D eigenvalue weighted by molar-refractivity contribution is 0.631. The summed E-state index contributed by atoms with van der Waals surface area (Å²) in [6.45, 7) is 6.89. The highest BCUT2D eigenvalue weighted by atomic mass is 15.0. The number of anilines is 1. The smallest absolute Gasteiger partial charge is 0.134 e. The molecule has 17 heavy (non-hydrogen) atoms. The van der Waals surface area contributed by atoms with Crippen molar-refractivity contribution in [2.45, 2.75) is 32.9 Å². The maximum atomic E-state index is 5.73. The number of nitrogens with one attached hydrogen (secondary N) is 1. The quantitative estimate of drug-likeness (QED) is 0.832. The molecule has 90 valence electrons. The van der Waals surface area contributed by atoms with Crippen LogP contribution in [0.2, 0.25) is 0 Å². The molecule has 0 amide bonds. The van der Waals surface area contributed by atoms with Crippen molar-refractivity contribution in [3.8, 4) is 0 Å². The Kier molecular flexibility index (Phi) is 3.03. The van der Waals surface area contributed by atoms with Crippen LogP contribution in [0.3, 0.4) is 0 Å². The Morgan fingerprint density at radius 1 is 1.18 bits per heavy atom. The van der Waals surface area contributed by atoms with Crippen molar-refractivity contribution in [1.29, 1.82) is 0 Å². The Balaban J connectivity index is 2.59. The lowest BCUT2D eigenvalue weighted by atomic mass is 10.0. The van der Waals surface area contributed by atoms with Gasteiger partial charge in [0.2, 0.25) is 0 Å². The zero-order chi connectivity index (χ0) is 12.5. The average Bonchev–Trinajstić information content (AvgIpc) is 2.28. The zero-order valence-corrected chi connectivity index (χ0v) is 10.6. The summed E-state index contributed by atoms with van der Waals surface area (Å²) in [4.78, 5) is 4.47. The lowest BCUT2D eigenvalue weighted by Gasteiger charge is -2.22. The fourth-order valence-electron chi connectivity index (χ4n) is 1.87. The second-order valence-corrected chi connectivity index (χ2v) is 5.26. The van der Waals surface area contributed by atoms with Crippen LogP contribution in [0.5, 0.6) is 0 Å². The normalized spacial score (nSPS) is 11.8. The fourth-order valence-corrected chi connectivity index (χ4v) is 1.87. The van der Waals surface area contributed by atoms with E-state index in [1.54, 1.807) is 0 Å². The highest BCUT2D eigenvalue weighted by Gasteiger charge is 2.13. The van der Waals surface area contributed by atoms with Gasteiger partial charge >= 0.3 is 0 Å². The van der Waals surface area contributed by atoms with E-state index in [0.717, 1.165) is 16.8 Å². The topological polar surface area (TPSA) is 50.9 Å². The number of aromatic nitrogens is 1. The standard InChI is InChI=1S/C14H19N3/c1-14(2,3)17-13-12-7-5-4-6-11(12)10(8-15)9-16-13/h4-7,9H,8,15H2,1-3H3,(H,16,17). The minimum absolute atomic E-state index is 0.00000272. The number of rotatable bonds is 2. The molecular weight excluding hydrogens is 210 g/mol. The third-order valence-electron chi connectivity index (χ3n) is 2.59. The summed E-state index contributed by atoms with van der Waals surface area (Å²) in [5.41, 5.74) is 6.82. The highest BCUT2D eigenvalue weighted by molar-refractivity contribution is 5.94. The zero-order valence-electron chi connectivity index (χ0n) is 10.6. The molecule has 3 nitrogen and oxygen atoms in total. The highest BCUT2D eigenvalue weighted by Crippen LogP contribution is 2.26. The maximum Gasteiger partial charge on any atom is 0.134 e. The molecule has 0 fully saturated rings. The molecule has 0 aliphatic heterocycles. The van der Waals surface area contributed by atoms with E-state index in [-0.39, 0.29) is 5.54 Å². The summed E-state index contributed by atoms with van der Waals surface area (Å²) in [5.74, 6) is 0.922. The lowest BCUT2D eigenvalue weighted by Crippen LogP contribution is -2.26. The van der Waals surface area contributed by atoms with Crippen LogP contribution in [0.15, 0.2) is 30.5 Å². The fraction of sp³-hybridized carbons (Fsp3) is 0.357. The van der Waals surface area contributed by atoms with Gasteiger partial charge in [0.25, 0.3) is 0 Å². The number of hydrogen-bond donors (Lipinski definition) is 2.